The van der Waals surface area contributed by atoms with Crippen molar-refractivity contribution in [1.82, 2.24) is 0 Å². The lowest BCUT2D eigenvalue weighted by atomic mass is 9.54. The van der Waals surface area contributed by atoms with Gasteiger partial charge in [-0.1, -0.05) is 0 Å². The fourth-order valence-corrected chi connectivity index (χ4v) is 5.33. The van der Waals surface area contributed by atoms with Crippen molar-refractivity contribution in [2.24, 2.45) is 17.8 Å². The molecule has 0 amide bonds. The predicted molar refractivity (Wildman–Crippen MR) is 68.4 cm³/mol. The predicted octanol–water partition coefficient (Wildman–Crippen LogP) is 2.61. The van der Waals surface area contributed by atoms with Crippen LogP contribution >= 0.6 is 0 Å². The second-order valence-electron chi connectivity index (χ2n) is 7.06. The zero-order chi connectivity index (χ0) is 17.3. The Morgan fingerprint density at radius 1 is 1.00 bits per heavy atom. The molecular weight excluding hydrogens is 344 g/mol. The summed E-state index contributed by atoms with van der Waals surface area (Å²) < 4.78 is 87.6. The van der Waals surface area contributed by atoms with E-state index in [4.69, 9.17) is 9.29 Å². The minimum absolute atomic E-state index is 0.194. The van der Waals surface area contributed by atoms with Gasteiger partial charge in [0.05, 0.1) is 0 Å². The first-order chi connectivity index (χ1) is 10.4. The summed E-state index contributed by atoms with van der Waals surface area (Å²) >= 11 is 0. The summed E-state index contributed by atoms with van der Waals surface area (Å²) in [5, 5.41) is -5.46. The van der Waals surface area contributed by atoms with Crippen molar-refractivity contribution in [2.75, 3.05) is 0 Å². The molecule has 1 unspecified atom stereocenters. The normalized spacial score (nSPS) is 39.1. The molecule has 4 rings (SSSR count). The Morgan fingerprint density at radius 2 is 1.39 bits per heavy atom. The molecule has 5 nitrogen and oxygen atoms in total. The van der Waals surface area contributed by atoms with Crippen molar-refractivity contribution in [2.45, 2.75) is 55.3 Å². The maximum absolute atomic E-state index is 14.0. The average Bonchev–Trinajstić information content (AvgIpc) is 2.32. The summed E-state index contributed by atoms with van der Waals surface area (Å²) in [4.78, 5) is 11.8. The quantitative estimate of drug-likeness (QED) is 0.475. The van der Waals surface area contributed by atoms with Crippen LogP contribution in [0.25, 0.3) is 0 Å². The molecule has 4 aliphatic carbocycles. The first-order valence-corrected chi connectivity index (χ1v) is 8.76. The van der Waals surface area contributed by atoms with Crippen molar-refractivity contribution in [3.63, 3.8) is 0 Å². The number of carbonyl (C=O) groups excluding carboxylic acids is 1. The number of ether oxygens (including phenoxy) is 1. The Balaban J connectivity index is 1.89. The van der Waals surface area contributed by atoms with Gasteiger partial charge in [0.15, 0.2) is 0 Å². The number of esters is 1. The molecule has 132 valence electrons. The maximum atomic E-state index is 14.0. The summed E-state index contributed by atoms with van der Waals surface area (Å²) in [5.74, 6) is -2.01. The second kappa shape index (κ2) is 4.81. The molecule has 10 heteroatoms. The molecule has 4 bridgehead atoms. The topological polar surface area (TPSA) is 80.7 Å². The second-order valence-corrected chi connectivity index (χ2v) is 8.57. The van der Waals surface area contributed by atoms with Crippen molar-refractivity contribution in [3.05, 3.63) is 0 Å². The van der Waals surface area contributed by atoms with Gasteiger partial charge in [-0.25, -0.2) is 9.18 Å². The number of alkyl halides is 4. The molecule has 23 heavy (non-hydrogen) atoms. The third kappa shape index (κ3) is 2.54. The smallest absolute Gasteiger partial charge is 0.451 e. The van der Waals surface area contributed by atoms with Gasteiger partial charge in [-0.3, -0.25) is 4.55 Å². The molecule has 1 N–H and O–H groups in total. The van der Waals surface area contributed by atoms with E-state index >= 15 is 0 Å². The summed E-state index contributed by atoms with van der Waals surface area (Å²) in [6, 6.07) is 0. The number of hydrogen-bond donors (Lipinski definition) is 1. The highest BCUT2D eigenvalue weighted by molar-refractivity contribution is 7.88. The number of carbonyl (C=O) groups is 1. The van der Waals surface area contributed by atoms with E-state index < -0.39 is 32.9 Å². The van der Waals surface area contributed by atoms with Gasteiger partial charge in [-0.05, 0) is 56.3 Å². The highest BCUT2D eigenvalue weighted by Gasteiger charge is 2.73. The van der Waals surface area contributed by atoms with Gasteiger partial charge in [-0.2, -0.15) is 21.6 Å². The molecular formula is C13H16F4O5S. The molecule has 0 aromatic carbocycles. The average molecular weight is 360 g/mol. The number of hydrogen-bond acceptors (Lipinski definition) is 4. The Kier molecular flexibility index (Phi) is 3.54. The molecule has 1 atom stereocenters. The van der Waals surface area contributed by atoms with Gasteiger partial charge in [0.2, 0.25) is 0 Å². The molecule has 4 saturated carbocycles. The van der Waals surface area contributed by atoms with E-state index in [0.29, 0.717) is 19.3 Å². The lowest BCUT2D eigenvalue weighted by Gasteiger charge is -2.55. The van der Waals surface area contributed by atoms with Gasteiger partial charge in [0.1, 0.15) is 5.60 Å². The van der Waals surface area contributed by atoms with Gasteiger partial charge in [0, 0.05) is 0 Å². The SMILES string of the molecule is O=C(OC12CC3CC(CC(C3)C1)C2)C(F)(C(F)(F)F)S(=O)(=O)O. The van der Waals surface area contributed by atoms with Crippen LogP contribution in [0, 0.1) is 17.8 Å². The van der Waals surface area contributed by atoms with Crippen LogP contribution in [0.4, 0.5) is 17.6 Å². The number of rotatable bonds is 3. The third-order valence-electron chi connectivity index (χ3n) is 5.27. The van der Waals surface area contributed by atoms with Crippen molar-refractivity contribution < 1.29 is 40.1 Å². The van der Waals surface area contributed by atoms with Gasteiger partial charge >= 0.3 is 27.3 Å². The first-order valence-electron chi connectivity index (χ1n) is 7.32. The molecule has 4 fully saturated rings. The van der Waals surface area contributed by atoms with Crippen LogP contribution in [0.2, 0.25) is 0 Å². The molecule has 0 spiro atoms. The minimum Gasteiger partial charge on any atom is -0.456 e. The Morgan fingerprint density at radius 3 is 1.70 bits per heavy atom. The molecule has 4 aliphatic rings. The lowest BCUT2D eigenvalue weighted by Crippen LogP contribution is -2.59. The van der Waals surface area contributed by atoms with Crippen LogP contribution in [0.1, 0.15) is 38.5 Å². The summed E-state index contributed by atoms with van der Waals surface area (Å²) in [5.41, 5.74) is -1.25. The monoisotopic (exact) mass is 360 g/mol. The first kappa shape index (κ1) is 16.9. The van der Waals surface area contributed by atoms with Gasteiger partial charge < -0.3 is 4.74 Å². The highest BCUT2D eigenvalue weighted by atomic mass is 32.2. The minimum atomic E-state index is -6.37. The molecule has 0 aromatic heterocycles. The van der Waals surface area contributed by atoms with Crippen LogP contribution in [-0.2, 0) is 19.6 Å². The lowest BCUT2D eigenvalue weighted by molar-refractivity contribution is -0.233. The molecule has 0 heterocycles. The third-order valence-corrected chi connectivity index (χ3v) is 6.38. The van der Waals surface area contributed by atoms with E-state index in [1.54, 1.807) is 0 Å². The van der Waals surface area contributed by atoms with E-state index in [9.17, 15) is 30.8 Å². The largest absolute Gasteiger partial charge is 0.456 e. The summed E-state index contributed by atoms with van der Waals surface area (Å²) in [6.45, 7) is 0. The zero-order valence-corrected chi connectivity index (χ0v) is 12.8. The highest BCUT2D eigenvalue weighted by Crippen LogP contribution is 2.57. The Bertz CT molecular complexity index is 593. The summed E-state index contributed by atoms with van der Waals surface area (Å²) in [7, 11) is -6.37. The standard InChI is InChI=1S/C13H16F4O5S/c14-12(13(15,16)17,23(19,20)21)10(18)22-11-4-7-1-8(5-11)3-9(2-7)6-11/h7-9H,1-6H2,(H,19,20,21). The van der Waals surface area contributed by atoms with E-state index in [-0.39, 0.29) is 17.8 Å². The fourth-order valence-electron chi connectivity index (χ4n) is 4.79. The van der Waals surface area contributed by atoms with Crippen LogP contribution in [0.3, 0.4) is 0 Å². The van der Waals surface area contributed by atoms with Gasteiger partial charge in [0.25, 0.3) is 0 Å². The van der Waals surface area contributed by atoms with Crippen LogP contribution < -0.4 is 0 Å². The molecule has 0 saturated heterocycles. The van der Waals surface area contributed by atoms with E-state index in [1.807, 2.05) is 0 Å². The molecule has 0 aromatic rings. The van der Waals surface area contributed by atoms with Crippen molar-refractivity contribution in [3.8, 4) is 0 Å². The van der Waals surface area contributed by atoms with Crippen LogP contribution in [0.5, 0.6) is 0 Å². The zero-order valence-electron chi connectivity index (χ0n) is 12.0. The maximum Gasteiger partial charge on any atom is 0.451 e. The van der Waals surface area contributed by atoms with E-state index in [2.05, 4.69) is 0 Å². The Hall–Kier alpha value is -0.900. The van der Waals surface area contributed by atoms with E-state index in [1.165, 1.54) is 0 Å². The van der Waals surface area contributed by atoms with Crippen molar-refractivity contribution in [1.29, 1.82) is 0 Å². The van der Waals surface area contributed by atoms with Gasteiger partial charge in [-0.15, -0.1) is 0 Å². The van der Waals surface area contributed by atoms with Crippen LogP contribution in [-0.4, -0.2) is 35.7 Å². The molecule has 0 aliphatic heterocycles. The Labute approximate surface area is 130 Å². The van der Waals surface area contributed by atoms with E-state index in [0.717, 1.165) is 19.3 Å². The fraction of sp³-hybridized carbons (Fsp3) is 0.923. The summed E-state index contributed by atoms with van der Waals surface area (Å²) in [6.07, 6.45) is -2.50. The molecule has 0 radical (unpaired) electrons. The number of halogens is 4. The van der Waals surface area contributed by atoms with Crippen molar-refractivity contribution >= 4 is 16.1 Å². The van der Waals surface area contributed by atoms with Crippen LogP contribution in [0.15, 0.2) is 0 Å².